The van der Waals surface area contributed by atoms with Crippen molar-refractivity contribution in [3.8, 4) is 0 Å². The van der Waals surface area contributed by atoms with E-state index in [1.807, 2.05) is 30.3 Å². The Bertz CT molecular complexity index is 1450. The number of aromatic nitrogens is 1. The summed E-state index contributed by atoms with van der Waals surface area (Å²) < 4.78 is 0. The van der Waals surface area contributed by atoms with E-state index in [4.69, 9.17) is 17.2 Å². The van der Waals surface area contributed by atoms with Crippen LogP contribution in [0.4, 0.5) is 0 Å². The molecular formula is C31H42N8O5. The number of guanidine groups is 1. The molecule has 4 unspecified atom stereocenters. The quantitative estimate of drug-likeness (QED) is 0.0649. The molecule has 0 aliphatic rings. The number of nitrogens with two attached hydrogens (primary N) is 3. The number of amides is 3. The maximum atomic E-state index is 13.8. The number of carbonyl (C=O) groups excluding carboxylic acids is 3. The molecule has 4 atom stereocenters. The highest BCUT2D eigenvalue weighted by molar-refractivity contribution is 5.95. The summed E-state index contributed by atoms with van der Waals surface area (Å²) in [5.74, 6) is -3.34. The van der Waals surface area contributed by atoms with Crippen molar-refractivity contribution in [2.24, 2.45) is 28.1 Å². The molecule has 236 valence electrons. The lowest BCUT2D eigenvalue weighted by molar-refractivity contribution is -0.142. The zero-order chi connectivity index (χ0) is 32.2. The normalized spacial score (nSPS) is 13.8. The predicted molar refractivity (Wildman–Crippen MR) is 168 cm³/mol. The lowest BCUT2D eigenvalue weighted by Gasteiger charge is -2.26. The Morgan fingerprint density at radius 3 is 2.07 bits per heavy atom. The van der Waals surface area contributed by atoms with Gasteiger partial charge in [0.2, 0.25) is 17.7 Å². The fourth-order valence-corrected chi connectivity index (χ4v) is 4.67. The minimum Gasteiger partial charge on any atom is -0.480 e. The number of benzene rings is 2. The second kappa shape index (κ2) is 16.1. The largest absolute Gasteiger partial charge is 0.480 e. The van der Waals surface area contributed by atoms with Crippen molar-refractivity contribution in [1.82, 2.24) is 20.9 Å². The number of carboxylic acid groups (broad SMARTS) is 1. The molecule has 1 aromatic heterocycles. The SMILES string of the molecule is CC(C)C(N)C(=O)NC(Cc1c[nH]c2ccccc12)C(=O)NC(Cc1ccccc1)C(=O)NC(CCCN=C(N)N)C(=O)O. The van der Waals surface area contributed by atoms with Crippen LogP contribution in [0.15, 0.2) is 65.8 Å². The van der Waals surface area contributed by atoms with E-state index >= 15 is 0 Å². The van der Waals surface area contributed by atoms with E-state index in [0.717, 1.165) is 22.0 Å². The number of nitrogens with zero attached hydrogens (tertiary/aromatic N) is 1. The van der Waals surface area contributed by atoms with Gasteiger partial charge >= 0.3 is 5.97 Å². The molecule has 13 heteroatoms. The number of hydrogen-bond donors (Lipinski definition) is 8. The molecule has 0 saturated carbocycles. The Balaban J connectivity index is 1.86. The molecule has 3 amide bonds. The summed E-state index contributed by atoms with van der Waals surface area (Å²) in [5, 5.41) is 18.7. The van der Waals surface area contributed by atoms with Crippen LogP contribution in [0.3, 0.4) is 0 Å². The van der Waals surface area contributed by atoms with E-state index in [1.54, 1.807) is 44.3 Å². The second-order valence-corrected chi connectivity index (χ2v) is 11.0. The van der Waals surface area contributed by atoms with Gasteiger partial charge in [0, 0.05) is 36.5 Å². The maximum absolute atomic E-state index is 13.8. The number of carbonyl (C=O) groups is 4. The maximum Gasteiger partial charge on any atom is 0.326 e. The van der Waals surface area contributed by atoms with Crippen LogP contribution in [0.1, 0.15) is 37.8 Å². The van der Waals surface area contributed by atoms with E-state index in [1.165, 1.54) is 0 Å². The highest BCUT2D eigenvalue weighted by Gasteiger charge is 2.31. The lowest BCUT2D eigenvalue weighted by Crippen LogP contribution is -2.58. The minimum atomic E-state index is -1.24. The molecule has 0 radical (unpaired) electrons. The van der Waals surface area contributed by atoms with Crippen LogP contribution in [0.25, 0.3) is 10.9 Å². The van der Waals surface area contributed by atoms with Gasteiger partial charge in [0.25, 0.3) is 0 Å². The first-order valence-electron chi connectivity index (χ1n) is 14.5. The number of aliphatic imine (C=N–C) groups is 1. The van der Waals surface area contributed by atoms with Crippen molar-refractivity contribution in [2.45, 2.75) is 63.7 Å². The summed E-state index contributed by atoms with van der Waals surface area (Å²) in [6, 6.07) is 12.2. The second-order valence-electron chi connectivity index (χ2n) is 11.0. The molecular weight excluding hydrogens is 564 g/mol. The van der Waals surface area contributed by atoms with Crippen LogP contribution in [0.5, 0.6) is 0 Å². The number of rotatable bonds is 16. The third-order valence-electron chi connectivity index (χ3n) is 7.23. The Kier molecular flexibility index (Phi) is 12.3. The van der Waals surface area contributed by atoms with Gasteiger partial charge < -0.3 is 43.2 Å². The van der Waals surface area contributed by atoms with Crippen molar-refractivity contribution >= 4 is 40.6 Å². The molecule has 0 saturated heterocycles. The molecule has 3 aromatic rings. The van der Waals surface area contributed by atoms with Gasteiger partial charge in [-0.1, -0.05) is 62.4 Å². The van der Waals surface area contributed by atoms with Crippen molar-refractivity contribution in [1.29, 1.82) is 0 Å². The summed E-state index contributed by atoms with van der Waals surface area (Å²) in [6.45, 7) is 3.80. The van der Waals surface area contributed by atoms with Gasteiger partial charge in [-0.3, -0.25) is 19.4 Å². The molecule has 0 bridgehead atoms. The number of nitrogens with one attached hydrogen (secondary N) is 4. The fourth-order valence-electron chi connectivity index (χ4n) is 4.67. The van der Waals surface area contributed by atoms with Crippen LogP contribution < -0.4 is 33.2 Å². The summed E-state index contributed by atoms with van der Waals surface area (Å²) in [6.07, 6.45) is 2.34. The van der Waals surface area contributed by atoms with Gasteiger partial charge in [0.1, 0.15) is 18.1 Å². The van der Waals surface area contributed by atoms with Gasteiger partial charge in [-0.2, -0.15) is 0 Å². The van der Waals surface area contributed by atoms with Crippen LogP contribution in [-0.4, -0.2) is 70.5 Å². The van der Waals surface area contributed by atoms with Gasteiger partial charge in [-0.15, -0.1) is 0 Å². The third kappa shape index (κ3) is 9.83. The van der Waals surface area contributed by atoms with Crippen LogP contribution >= 0.6 is 0 Å². The first kappa shape index (κ1) is 33.6. The van der Waals surface area contributed by atoms with E-state index < -0.39 is 47.9 Å². The van der Waals surface area contributed by atoms with E-state index in [2.05, 4.69) is 25.9 Å². The molecule has 13 nitrogen and oxygen atoms in total. The number of para-hydroxylation sites is 1. The van der Waals surface area contributed by atoms with Crippen LogP contribution in [-0.2, 0) is 32.0 Å². The number of hydrogen-bond acceptors (Lipinski definition) is 6. The molecule has 44 heavy (non-hydrogen) atoms. The number of H-pyrrole nitrogens is 1. The standard InChI is InChI=1S/C31H42N8O5/c1-18(2)26(32)29(42)39-25(16-20-17-36-22-12-7-6-11-21(20)22)28(41)38-24(15-19-9-4-3-5-10-19)27(40)37-23(30(43)44)13-8-14-35-31(33)34/h3-7,9-12,17-18,23-26,36H,8,13-16,32H2,1-2H3,(H,37,40)(H,38,41)(H,39,42)(H,43,44)(H4,33,34,35). The van der Waals surface area contributed by atoms with Crippen molar-refractivity contribution in [3.05, 3.63) is 71.9 Å². The molecule has 1 heterocycles. The fraction of sp³-hybridized carbons (Fsp3) is 0.387. The number of aliphatic carboxylic acids is 1. The smallest absolute Gasteiger partial charge is 0.326 e. The van der Waals surface area contributed by atoms with Crippen molar-refractivity contribution in [3.63, 3.8) is 0 Å². The van der Waals surface area contributed by atoms with Crippen LogP contribution in [0.2, 0.25) is 0 Å². The molecule has 3 rings (SSSR count). The van der Waals surface area contributed by atoms with Crippen LogP contribution in [0, 0.1) is 5.92 Å². The first-order chi connectivity index (χ1) is 21.0. The number of aromatic amines is 1. The Labute approximate surface area is 256 Å². The molecule has 0 fully saturated rings. The number of carboxylic acids is 1. The molecule has 0 spiro atoms. The molecule has 2 aromatic carbocycles. The number of fused-ring (bicyclic) bond motifs is 1. The summed E-state index contributed by atoms with van der Waals surface area (Å²) in [4.78, 5) is 59.3. The zero-order valence-electron chi connectivity index (χ0n) is 25.0. The average molecular weight is 607 g/mol. The predicted octanol–water partition coefficient (Wildman–Crippen LogP) is 0.529. The first-order valence-corrected chi connectivity index (χ1v) is 14.5. The van der Waals surface area contributed by atoms with E-state index in [-0.39, 0.29) is 37.7 Å². The lowest BCUT2D eigenvalue weighted by atomic mass is 10.00. The summed E-state index contributed by atoms with van der Waals surface area (Å²) >= 11 is 0. The van der Waals surface area contributed by atoms with Gasteiger partial charge in [0.05, 0.1) is 6.04 Å². The molecule has 0 aliphatic heterocycles. The summed E-state index contributed by atoms with van der Waals surface area (Å²) in [5.41, 5.74) is 19.1. The third-order valence-corrected chi connectivity index (χ3v) is 7.23. The Hall–Kier alpha value is -4.91. The Morgan fingerprint density at radius 2 is 1.43 bits per heavy atom. The van der Waals surface area contributed by atoms with Crippen molar-refractivity contribution in [2.75, 3.05) is 6.54 Å². The van der Waals surface area contributed by atoms with E-state index in [0.29, 0.717) is 6.42 Å². The highest BCUT2D eigenvalue weighted by Crippen LogP contribution is 2.19. The zero-order valence-corrected chi connectivity index (χ0v) is 25.0. The highest BCUT2D eigenvalue weighted by atomic mass is 16.4. The van der Waals surface area contributed by atoms with Gasteiger partial charge in [0.15, 0.2) is 5.96 Å². The van der Waals surface area contributed by atoms with Gasteiger partial charge in [-0.25, -0.2) is 4.79 Å². The monoisotopic (exact) mass is 606 g/mol. The average Bonchev–Trinajstić information content (AvgIpc) is 3.40. The molecule has 11 N–H and O–H groups in total. The molecule has 0 aliphatic carbocycles. The Morgan fingerprint density at radius 1 is 0.841 bits per heavy atom. The van der Waals surface area contributed by atoms with E-state index in [9.17, 15) is 24.3 Å². The van der Waals surface area contributed by atoms with Crippen molar-refractivity contribution < 1.29 is 24.3 Å². The summed E-state index contributed by atoms with van der Waals surface area (Å²) in [7, 11) is 0. The van der Waals surface area contributed by atoms with Gasteiger partial charge in [-0.05, 0) is 36.0 Å². The minimum absolute atomic E-state index is 0.0657. The topological polar surface area (TPSA) is 231 Å².